The number of carboxylic acids is 1. The Kier molecular flexibility index (Phi) is 4.50. The molecule has 1 heterocycles. The summed E-state index contributed by atoms with van der Waals surface area (Å²) in [5.74, 6) is -1.04. The molecule has 8 heteroatoms. The van der Waals surface area contributed by atoms with Gasteiger partial charge in [-0.2, -0.15) is 0 Å². The Labute approximate surface area is 129 Å². The van der Waals surface area contributed by atoms with Crippen LogP contribution in [0.15, 0.2) is 21.4 Å². The van der Waals surface area contributed by atoms with Crippen LogP contribution < -0.4 is 11.4 Å². The maximum Gasteiger partial charge on any atom is 0.329 e. The first kappa shape index (κ1) is 15.7. The lowest BCUT2D eigenvalue weighted by molar-refractivity contribution is -0.142. The van der Waals surface area contributed by atoms with Gasteiger partial charge in [-0.1, -0.05) is 15.9 Å². The minimum atomic E-state index is -1.04. The summed E-state index contributed by atoms with van der Waals surface area (Å²) in [6, 6.07) is 3.15. The number of rotatable bonds is 5. The molecule has 2 aromatic rings. The molecule has 1 atom stereocenters. The quantitative estimate of drug-likeness (QED) is 0.821. The summed E-state index contributed by atoms with van der Waals surface area (Å²) >= 11 is 3.43. The molecule has 1 unspecified atom stereocenters. The average Bonchev–Trinajstić information content (AvgIpc) is 2.62. The molecule has 0 saturated heterocycles. The highest BCUT2D eigenvalue weighted by Crippen LogP contribution is 2.27. The van der Waals surface area contributed by atoms with Gasteiger partial charge in [0.25, 0.3) is 0 Å². The lowest BCUT2D eigenvalue weighted by Gasteiger charge is -2.14. The van der Waals surface area contributed by atoms with Crippen LogP contribution in [0.4, 0.5) is 0 Å². The zero-order valence-electron chi connectivity index (χ0n) is 11.7. The first-order valence-corrected chi connectivity index (χ1v) is 7.02. The lowest BCUT2D eigenvalue weighted by Crippen LogP contribution is -2.20. The molecule has 0 radical (unpaired) electrons. The van der Waals surface area contributed by atoms with E-state index in [1.54, 1.807) is 18.7 Å². The lowest BCUT2D eigenvalue weighted by atomic mass is 10.1. The van der Waals surface area contributed by atoms with Crippen molar-refractivity contribution in [2.24, 2.45) is 19.8 Å². The van der Waals surface area contributed by atoms with E-state index in [0.717, 1.165) is 21.1 Å². The number of aromatic nitrogens is 2. The van der Waals surface area contributed by atoms with Gasteiger partial charge in [0.2, 0.25) is 0 Å². The van der Waals surface area contributed by atoms with Crippen LogP contribution in [0.5, 0.6) is 0 Å². The Balaban J connectivity index is 2.36. The summed E-state index contributed by atoms with van der Waals surface area (Å²) in [4.78, 5) is 22.3. The predicted molar refractivity (Wildman–Crippen MR) is 81.2 cm³/mol. The minimum Gasteiger partial charge on any atom is -0.480 e. The van der Waals surface area contributed by atoms with Crippen molar-refractivity contribution >= 4 is 32.9 Å². The molecule has 0 aliphatic carbocycles. The van der Waals surface area contributed by atoms with E-state index in [4.69, 9.17) is 15.6 Å². The van der Waals surface area contributed by atoms with E-state index in [0.29, 0.717) is 0 Å². The number of hydrogen-bond donors (Lipinski definition) is 2. The van der Waals surface area contributed by atoms with Crippen LogP contribution in [-0.2, 0) is 23.6 Å². The molecule has 0 aliphatic rings. The minimum absolute atomic E-state index is 0.0805. The van der Waals surface area contributed by atoms with E-state index >= 15 is 0 Å². The molecule has 2 rings (SSSR count). The van der Waals surface area contributed by atoms with Gasteiger partial charge in [0.1, 0.15) is 6.61 Å². The molecule has 21 heavy (non-hydrogen) atoms. The van der Waals surface area contributed by atoms with Crippen LogP contribution in [0.25, 0.3) is 11.0 Å². The van der Waals surface area contributed by atoms with Crippen molar-refractivity contribution in [1.82, 2.24) is 9.13 Å². The van der Waals surface area contributed by atoms with Crippen LogP contribution in [0.3, 0.4) is 0 Å². The number of halogens is 1. The fourth-order valence-electron chi connectivity index (χ4n) is 2.18. The second-order valence-electron chi connectivity index (χ2n) is 4.78. The van der Waals surface area contributed by atoms with Crippen LogP contribution in [0.1, 0.15) is 11.6 Å². The molecule has 114 valence electrons. The van der Waals surface area contributed by atoms with Gasteiger partial charge >= 0.3 is 11.7 Å². The SMILES string of the molecule is Cn1c(=O)n(C)c2cc(C(N)COCC(=O)O)c(Br)cc21. The summed E-state index contributed by atoms with van der Waals surface area (Å²) in [6.45, 7) is -0.311. The number of aryl methyl sites for hydroxylation is 2. The highest BCUT2D eigenvalue weighted by molar-refractivity contribution is 9.10. The molecule has 0 amide bonds. The number of nitrogens with zero attached hydrogens (tertiary/aromatic N) is 2. The Morgan fingerprint density at radius 3 is 2.52 bits per heavy atom. The van der Waals surface area contributed by atoms with Crippen LogP contribution in [-0.4, -0.2) is 33.4 Å². The first-order valence-electron chi connectivity index (χ1n) is 6.23. The molecule has 7 nitrogen and oxygen atoms in total. The molecule has 0 bridgehead atoms. The van der Waals surface area contributed by atoms with Crippen molar-refractivity contribution in [3.8, 4) is 0 Å². The number of fused-ring (bicyclic) bond motifs is 1. The maximum atomic E-state index is 11.9. The van der Waals surface area contributed by atoms with E-state index < -0.39 is 18.6 Å². The molecule has 0 spiro atoms. The highest BCUT2D eigenvalue weighted by Gasteiger charge is 2.16. The number of nitrogens with two attached hydrogens (primary N) is 1. The van der Waals surface area contributed by atoms with Crippen LogP contribution in [0.2, 0.25) is 0 Å². The molecular weight excluding hydrogens is 342 g/mol. The zero-order valence-corrected chi connectivity index (χ0v) is 13.3. The van der Waals surface area contributed by atoms with Crippen molar-refractivity contribution in [1.29, 1.82) is 0 Å². The van der Waals surface area contributed by atoms with E-state index in [2.05, 4.69) is 15.9 Å². The monoisotopic (exact) mass is 357 g/mol. The van der Waals surface area contributed by atoms with Gasteiger partial charge in [0.15, 0.2) is 0 Å². The number of imidazole rings is 1. The van der Waals surface area contributed by atoms with Gasteiger partial charge in [0, 0.05) is 18.6 Å². The Morgan fingerprint density at radius 1 is 1.38 bits per heavy atom. The van der Waals surface area contributed by atoms with Crippen molar-refractivity contribution in [2.45, 2.75) is 6.04 Å². The molecule has 3 N–H and O–H groups in total. The van der Waals surface area contributed by atoms with Crippen molar-refractivity contribution < 1.29 is 14.6 Å². The number of hydrogen-bond acceptors (Lipinski definition) is 4. The summed E-state index contributed by atoms with van der Waals surface area (Å²) in [5, 5.41) is 8.55. The third kappa shape index (κ3) is 3.02. The number of ether oxygens (including phenoxy) is 1. The normalized spacial score (nSPS) is 12.8. The molecule has 1 aromatic carbocycles. The Bertz CT molecular complexity index is 750. The van der Waals surface area contributed by atoms with E-state index in [9.17, 15) is 9.59 Å². The molecular formula is C13H16BrN3O4. The second-order valence-corrected chi connectivity index (χ2v) is 5.63. The Hall–Kier alpha value is -1.64. The predicted octanol–water partition coefficient (Wildman–Crippen LogP) is 0.740. The van der Waals surface area contributed by atoms with Gasteiger partial charge in [-0.05, 0) is 17.7 Å². The molecule has 1 aromatic heterocycles. The fourth-order valence-corrected chi connectivity index (χ4v) is 2.81. The molecule has 0 fully saturated rings. The molecule has 0 saturated carbocycles. The highest BCUT2D eigenvalue weighted by atomic mass is 79.9. The third-order valence-electron chi connectivity index (χ3n) is 3.31. The van der Waals surface area contributed by atoms with Crippen LogP contribution >= 0.6 is 15.9 Å². The number of carboxylic acid groups (broad SMARTS) is 1. The number of benzene rings is 1. The third-order valence-corrected chi connectivity index (χ3v) is 4.00. The van der Waals surface area contributed by atoms with E-state index in [-0.39, 0.29) is 12.3 Å². The summed E-state index contributed by atoms with van der Waals surface area (Å²) in [6.07, 6.45) is 0. The fraction of sp³-hybridized carbons (Fsp3) is 0.385. The van der Waals surface area contributed by atoms with Gasteiger partial charge in [-0.3, -0.25) is 9.13 Å². The number of carbonyl (C=O) groups is 1. The number of aliphatic carboxylic acids is 1. The van der Waals surface area contributed by atoms with E-state index in [1.807, 2.05) is 12.1 Å². The molecule has 0 aliphatic heterocycles. The van der Waals surface area contributed by atoms with Gasteiger partial charge in [-0.25, -0.2) is 9.59 Å². The largest absolute Gasteiger partial charge is 0.480 e. The summed E-state index contributed by atoms with van der Waals surface area (Å²) in [7, 11) is 3.39. The second kappa shape index (κ2) is 6.00. The van der Waals surface area contributed by atoms with Crippen molar-refractivity contribution in [3.05, 3.63) is 32.7 Å². The van der Waals surface area contributed by atoms with Gasteiger partial charge in [-0.15, -0.1) is 0 Å². The first-order chi connectivity index (χ1) is 9.82. The standard InChI is InChI=1S/C13H16BrN3O4/c1-16-10-3-7(9(15)5-21-6-12(18)19)8(14)4-11(10)17(2)13(16)20/h3-4,9H,5-6,15H2,1-2H3,(H,18,19). The maximum absolute atomic E-state index is 11.9. The summed E-state index contributed by atoms with van der Waals surface area (Å²) < 4.78 is 8.86. The average molecular weight is 358 g/mol. The van der Waals surface area contributed by atoms with Crippen molar-refractivity contribution in [2.75, 3.05) is 13.2 Å². The Morgan fingerprint density at radius 2 is 1.95 bits per heavy atom. The topological polar surface area (TPSA) is 99.5 Å². The van der Waals surface area contributed by atoms with E-state index in [1.165, 1.54) is 4.57 Å². The zero-order chi connectivity index (χ0) is 15.7. The van der Waals surface area contributed by atoms with Crippen LogP contribution in [0, 0.1) is 0 Å². The van der Waals surface area contributed by atoms with Gasteiger partial charge < -0.3 is 15.6 Å². The summed E-state index contributed by atoms with van der Waals surface area (Å²) in [5.41, 5.74) is 8.21. The smallest absolute Gasteiger partial charge is 0.329 e. The van der Waals surface area contributed by atoms with Gasteiger partial charge in [0.05, 0.1) is 23.7 Å². The van der Waals surface area contributed by atoms with Crippen molar-refractivity contribution in [3.63, 3.8) is 0 Å².